The molecule has 2 aromatic rings. The zero-order valence-corrected chi connectivity index (χ0v) is 13.8. The smallest absolute Gasteiger partial charge is 0.261 e. The number of carbonyl (C=O) groups is 1. The van der Waals surface area contributed by atoms with E-state index in [1.165, 1.54) is 6.07 Å². The number of phenolic OH excluding ortho intramolecular Hbond substituents is 1. The standard InChI is InChI=1S/C15H12Cl3NO3/c1-2-22-9-5-3-8(4-6-9)19-15(21)12-13(18)10(16)7-11(17)14(12)20/h3-7,20H,2H2,1H3,(H,19,21). The molecule has 7 heteroatoms. The lowest BCUT2D eigenvalue weighted by Crippen LogP contribution is -2.13. The van der Waals surface area contributed by atoms with Crippen molar-refractivity contribution in [3.8, 4) is 11.5 Å². The molecule has 0 radical (unpaired) electrons. The molecule has 1 amide bonds. The number of carbonyl (C=O) groups excluding carboxylic acids is 1. The Bertz CT molecular complexity index is 676. The molecule has 0 unspecified atom stereocenters. The molecule has 22 heavy (non-hydrogen) atoms. The summed E-state index contributed by atoms with van der Waals surface area (Å²) < 4.78 is 5.31. The lowest BCUT2D eigenvalue weighted by Gasteiger charge is -2.11. The summed E-state index contributed by atoms with van der Waals surface area (Å²) in [4.78, 5) is 12.3. The van der Waals surface area contributed by atoms with E-state index in [9.17, 15) is 9.90 Å². The summed E-state index contributed by atoms with van der Waals surface area (Å²) in [6.45, 7) is 2.43. The number of amides is 1. The van der Waals surface area contributed by atoms with Crippen molar-refractivity contribution in [1.82, 2.24) is 0 Å². The predicted molar refractivity (Wildman–Crippen MR) is 88.7 cm³/mol. The first-order chi connectivity index (χ1) is 10.4. The maximum Gasteiger partial charge on any atom is 0.261 e. The molecule has 0 saturated carbocycles. The van der Waals surface area contributed by atoms with Gasteiger partial charge in [-0.2, -0.15) is 0 Å². The van der Waals surface area contributed by atoms with Crippen molar-refractivity contribution < 1.29 is 14.6 Å². The van der Waals surface area contributed by atoms with Gasteiger partial charge in [-0.05, 0) is 37.3 Å². The van der Waals surface area contributed by atoms with Gasteiger partial charge in [0.05, 0.1) is 21.7 Å². The number of anilines is 1. The number of nitrogens with one attached hydrogen (secondary N) is 1. The molecule has 2 rings (SSSR count). The molecule has 2 aromatic carbocycles. The van der Waals surface area contributed by atoms with Gasteiger partial charge in [0.15, 0.2) is 0 Å². The Balaban J connectivity index is 2.26. The molecule has 0 aliphatic carbocycles. The number of hydrogen-bond donors (Lipinski definition) is 2. The molecule has 116 valence electrons. The largest absolute Gasteiger partial charge is 0.505 e. The van der Waals surface area contributed by atoms with Crippen LogP contribution in [0, 0.1) is 0 Å². The van der Waals surface area contributed by atoms with Crippen LogP contribution >= 0.6 is 34.8 Å². The summed E-state index contributed by atoms with van der Waals surface area (Å²) in [5.74, 6) is -0.345. The van der Waals surface area contributed by atoms with Gasteiger partial charge in [0.2, 0.25) is 0 Å². The van der Waals surface area contributed by atoms with Gasteiger partial charge in [-0.3, -0.25) is 4.79 Å². The van der Waals surface area contributed by atoms with Crippen molar-refractivity contribution >= 4 is 46.4 Å². The van der Waals surface area contributed by atoms with E-state index in [0.29, 0.717) is 18.0 Å². The minimum Gasteiger partial charge on any atom is -0.505 e. The van der Waals surface area contributed by atoms with E-state index in [0.717, 1.165) is 0 Å². The number of hydrogen-bond acceptors (Lipinski definition) is 3. The quantitative estimate of drug-likeness (QED) is 0.754. The number of rotatable bonds is 4. The first-order valence-corrected chi connectivity index (χ1v) is 7.48. The van der Waals surface area contributed by atoms with Crippen LogP contribution in [0.4, 0.5) is 5.69 Å². The second kappa shape index (κ2) is 7.09. The molecule has 0 aromatic heterocycles. The van der Waals surface area contributed by atoms with Gasteiger partial charge in [-0.1, -0.05) is 34.8 Å². The molecule has 0 atom stereocenters. The lowest BCUT2D eigenvalue weighted by atomic mass is 10.1. The van der Waals surface area contributed by atoms with Crippen LogP contribution in [0.3, 0.4) is 0 Å². The molecule has 0 bridgehead atoms. The van der Waals surface area contributed by atoms with Crippen LogP contribution in [-0.4, -0.2) is 17.6 Å². The third kappa shape index (κ3) is 3.58. The number of phenols is 1. The number of aromatic hydroxyl groups is 1. The Morgan fingerprint density at radius 1 is 1.18 bits per heavy atom. The molecule has 0 aliphatic rings. The molecule has 0 spiro atoms. The highest BCUT2D eigenvalue weighted by Crippen LogP contribution is 2.38. The second-order valence-electron chi connectivity index (χ2n) is 4.29. The van der Waals surface area contributed by atoms with Crippen LogP contribution in [-0.2, 0) is 0 Å². The Morgan fingerprint density at radius 2 is 1.82 bits per heavy atom. The molecule has 4 nitrogen and oxygen atoms in total. The highest BCUT2D eigenvalue weighted by molar-refractivity contribution is 6.46. The Morgan fingerprint density at radius 3 is 2.41 bits per heavy atom. The zero-order chi connectivity index (χ0) is 16.3. The van der Waals surface area contributed by atoms with Crippen molar-refractivity contribution in [3.63, 3.8) is 0 Å². The maximum atomic E-state index is 12.3. The lowest BCUT2D eigenvalue weighted by molar-refractivity contribution is 0.102. The van der Waals surface area contributed by atoms with Crippen LogP contribution < -0.4 is 10.1 Å². The van der Waals surface area contributed by atoms with Gasteiger partial charge in [0.25, 0.3) is 5.91 Å². The van der Waals surface area contributed by atoms with Gasteiger partial charge in [0, 0.05) is 5.69 Å². The summed E-state index contributed by atoms with van der Waals surface area (Å²) in [6, 6.07) is 8.03. The predicted octanol–water partition coefficient (Wildman–Crippen LogP) is 5.00. The van der Waals surface area contributed by atoms with Crippen molar-refractivity contribution in [3.05, 3.63) is 51.0 Å². The molecule has 0 saturated heterocycles. The Hall–Kier alpha value is -1.62. The summed E-state index contributed by atoms with van der Waals surface area (Å²) in [6.07, 6.45) is 0. The van der Waals surface area contributed by atoms with Gasteiger partial charge in [-0.25, -0.2) is 0 Å². The zero-order valence-electron chi connectivity index (χ0n) is 11.5. The fourth-order valence-corrected chi connectivity index (χ4v) is 2.48. The first kappa shape index (κ1) is 16.7. The normalized spacial score (nSPS) is 10.4. The van der Waals surface area contributed by atoms with E-state index in [4.69, 9.17) is 39.5 Å². The monoisotopic (exact) mass is 359 g/mol. The molecule has 0 aliphatic heterocycles. The van der Waals surface area contributed by atoms with Crippen LogP contribution in [0.5, 0.6) is 11.5 Å². The van der Waals surface area contributed by atoms with Gasteiger partial charge >= 0.3 is 0 Å². The number of ether oxygens (including phenoxy) is 1. The SMILES string of the molecule is CCOc1ccc(NC(=O)c2c(O)c(Cl)cc(Cl)c2Cl)cc1. The average Bonchev–Trinajstić information content (AvgIpc) is 2.48. The van der Waals surface area contributed by atoms with E-state index >= 15 is 0 Å². The summed E-state index contributed by atoms with van der Waals surface area (Å²) >= 11 is 17.6. The maximum absolute atomic E-state index is 12.3. The van der Waals surface area contributed by atoms with Gasteiger partial charge in [-0.15, -0.1) is 0 Å². The van der Waals surface area contributed by atoms with Crippen LogP contribution in [0.2, 0.25) is 15.1 Å². The van der Waals surface area contributed by atoms with Crippen molar-refractivity contribution in [1.29, 1.82) is 0 Å². The molecular weight excluding hydrogens is 349 g/mol. The van der Waals surface area contributed by atoms with Crippen LogP contribution in [0.15, 0.2) is 30.3 Å². The second-order valence-corrected chi connectivity index (χ2v) is 5.48. The van der Waals surface area contributed by atoms with Crippen molar-refractivity contribution in [2.24, 2.45) is 0 Å². The van der Waals surface area contributed by atoms with E-state index in [-0.39, 0.29) is 20.6 Å². The number of benzene rings is 2. The number of halogens is 3. The molecular formula is C15H12Cl3NO3. The summed E-state index contributed by atoms with van der Waals surface area (Å²) in [5.41, 5.74) is 0.341. The third-order valence-electron chi connectivity index (χ3n) is 2.80. The molecule has 0 heterocycles. The molecule has 0 fully saturated rings. The fourth-order valence-electron chi connectivity index (χ4n) is 1.79. The van der Waals surface area contributed by atoms with E-state index in [1.807, 2.05) is 6.92 Å². The third-order valence-corrected chi connectivity index (χ3v) is 3.87. The fraction of sp³-hybridized carbons (Fsp3) is 0.133. The Kier molecular flexibility index (Phi) is 5.40. The molecule has 2 N–H and O–H groups in total. The van der Waals surface area contributed by atoms with Gasteiger partial charge < -0.3 is 15.2 Å². The summed E-state index contributed by atoms with van der Waals surface area (Å²) in [7, 11) is 0. The first-order valence-electron chi connectivity index (χ1n) is 6.34. The Labute approximate surface area is 142 Å². The topological polar surface area (TPSA) is 58.6 Å². The van der Waals surface area contributed by atoms with Crippen molar-refractivity contribution in [2.75, 3.05) is 11.9 Å². The minimum atomic E-state index is -0.615. The summed E-state index contributed by atoms with van der Waals surface area (Å²) in [5, 5.41) is 12.5. The van der Waals surface area contributed by atoms with E-state index in [2.05, 4.69) is 5.32 Å². The van der Waals surface area contributed by atoms with Crippen molar-refractivity contribution in [2.45, 2.75) is 6.92 Å². The average molecular weight is 361 g/mol. The highest BCUT2D eigenvalue weighted by Gasteiger charge is 2.21. The van der Waals surface area contributed by atoms with Crippen LogP contribution in [0.25, 0.3) is 0 Å². The van der Waals surface area contributed by atoms with E-state index in [1.54, 1.807) is 24.3 Å². The van der Waals surface area contributed by atoms with Crippen LogP contribution in [0.1, 0.15) is 17.3 Å². The highest BCUT2D eigenvalue weighted by atomic mass is 35.5. The van der Waals surface area contributed by atoms with Gasteiger partial charge in [0.1, 0.15) is 17.1 Å². The minimum absolute atomic E-state index is 0.0498. The van der Waals surface area contributed by atoms with E-state index < -0.39 is 11.7 Å².